The molecule has 0 heterocycles. The molecule has 0 saturated carbocycles. The number of hydrogen-bond donors (Lipinski definition) is 0. The number of aryl methyl sites for hydroxylation is 1. The molecule has 0 fully saturated rings. The lowest BCUT2D eigenvalue weighted by Crippen LogP contribution is -2.29. The Hall–Kier alpha value is -2.95. The monoisotopic (exact) mass is 412 g/mol. The highest BCUT2D eigenvalue weighted by Gasteiger charge is 2.23. The first-order valence-electron chi connectivity index (χ1n) is 10.4. The van der Waals surface area contributed by atoms with Crippen LogP contribution in [0.5, 0.6) is 0 Å². The molecule has 0 aliphatic heterocycles. The zero-order valence-electron chi connectivity index (χ0n) is 17.3. The van der Waals surface area contributed by atoms with Crippen LogP contribution in [0.15, 0.2) is 72.8 Å². The summed E-state index contributed by atoms with van der Waals surface area (Å²) in [6.07, 6.45) is 4.80. The van der Waals surface area contributed by atoms with Gasteiger partial charge in [-0.1, -0.05) is 61.5 Å². The molecule has 0 aromatic heterocycles. The van der Waals surface area contributed by atoms with Gasteiger partial charge in [0, 0.05) is 0 Å². The molecule has 2 aromatic carbocycles. The van der Waals surface area contributed by atoms with E-state index in [2.05, 4.69) is 12.1 Å². The number of ether oxygens (including phenoxy) is 2. The van der Waals surface area contributed by atoms with E-state index in [9.17, 15) is 14.0 Å². The van der Waals surface area contributed by atoms with Gasteiger partial charge in [-0.2, -0.15) is 0 Å². The van der Waals surface area contributed by atoms with Crippen molar-refractivity contribution in [3.63, 3.8) is 0 Å². The fourth-order valence-electron chi connectivity index (χ4n) is 2.75. The van der Waals surface area contributed by atoms with Gasteiger partial charge in [0.15, 0.2) is 0 Å². The molecule has 0 spiro atoms. The number of rotatable bonds is 12. The van der Waals surface area contributed by atoms with Crippen LogP contribution in [0.2, 0.25) is 0 Å². The highest BCUT2D eigenvalue weighted by Crippen LogP contribution is 2.10. The minimum Gasteiger partial charge on any atom is -0.460 e. The second-order valence-electron chi connectivity index (χ2n) is 6.99. The molecule has 4 nitrogen and oxygen atoms in total. The quantitative estimate of drug-likeness (QED) is 0.263. The largest absolute Gasteiger partial charge is 0.460 e. The Morgan fingerprint density at radius 1 is 1.00 bits per heavy atom. The van der Waals surface area contributed by atoms with Gasteiger partial charge in [0.2, 0.25) is 6.10 Å². The SMILES string of the molecule is CCC(F)COC(=O)C(C=CCCCCc1ccccc1)OC(=O)c1ccccc1. The number of carbonyl (C=O) groups is 2. The van der Waals surface area contributed by atoms with Gasteiger partial charge in [-0.25, -0.2) is 14.0 Å². The molecule has 2 rings (SSSR count). The van der Waals surface area contributed by atoms with Crippen molar-refractivity contribution in [3.05, 3.63) is 83.9 Å². The Morgan fingerprint density at radius 2 is 1.67 bits per heavy atom. The number of allylic oxidation sites excluding steroid dienone is 1. The highest BCUT2D eigenvalue weighted by molar-refractivity contribution is 5.91. The second kappa shape index (κ2) is 13.3. The Balaban J connectivity index is 1.88. The molecule has 2 atom stereocenters. The van der Waals surface area contributed by atoms with Crippen molar-refractivity contribution in [2.75, 3.05) is 6.61 Å². The molecule has 0 radical (unpaired) electrons. The summed E-state index contributed by atoms with van der Waals surface area (Å²) < 4.78 is 23.7. The smallest absolute Gasteiger partial charge is 0.351 e. The highest BCUT2D eigenvalue weighted by atomic mass is 19.1. The first kappa shape index (κ1) is 23.3. The minimum absolute atomic E-state index is 0.249. The molecule has 160 valence electrons. The number of hydrogen-bond acceptors (Lipinski definition) is 4. The molecule has 2 unspecified atom stereocenters. The zero-order chi connectivity index (χ0) is 21.6. The average Bonchev–Trinajstić information content (AvgIpc) is 2.79. The molecule has 0 saturated heterocycles. The maximum Gasteiger partial charge on any atom is 0.351 e. The van der Waals surface area contributed by atoms with Gasteiger partial charge >= 0.3 is 11.9 Å². The maximum absolute atomic E-state index is 13.4. The molecule has 0 aliphatic carbocycles. The van der Waals surface area contributed by atoms with E-state index in [4.69, 9.17) is 9.47 Å². The number of alkyl halides is 1. The molecule has 0 amide bonds. The van der Waals surface area contributed by atoms with Crippen LogP contribution in [0.3, 0.4) is 0 Å². The number of carbonyl (C=O) groups excluding carboxylic acids is 2. The van der Waals surface area contributed by atoms with Crippen molar-refractivity contribution in [3.8, 4) is 0 Å². The van der Waals surface area contributed by atoms with Crippen LogP contribution in [0.1, 0.15) is 48.5 Å². The van der Waals surface area contributed by atoms with Crippen molar-refractivity contribution in [1.82, 2.24) is 0 Å². The first-order chi connectivity index (χ1) is 14.6. The van der Waals surface area contributed by atoms with E-state index in [0.29, 0.717) is 5.56 Å². The summed E-state index contributed by atoms with van der Waals surface area (Å²) in [4.78, 5) is 24.6. The van der Waals surface area contributed by atoms with Crippen LogP contribution in [-0.4, -0.2) is 30.8 Å². The summed E-state index contributed by atoms with van der Waals surface area (Å²) in [5.74, 6) is -1.39. The van der Waals surface area contributed by atoms with Gasteiger partial charge in [0.25, 0.3) is 0 Å². The fourth-order valence-corrected chi connectivity index (χ4v) is 2.75. The molecule has 0 bridgehead atoms. The molecule has 0 N–H and O–H groups in total. The number of esters is 2. The van der Waals surface area contributed by atoms with Gasteiger partial charge in [-0.3, -0.25) is 0 Å². The van der Waals surface area contributed by atoms with Crippen LogP contribution in [0.4, 0.5) is 4.39 Å². The molecule has 0 aliphatic rings. The van der Waals surface area contributed by atoms with E-state index in [0.717, 1.165) is 25.7 Å². The van der Waals surface area contributed by atoms with E-state index < -0.39 is 24.2 Å². The lowest BCUT2D eigenvalue weighted by Gasteiger charge is -2.15. The summed E-state index contributed by atoms with van der Waals surface area (Å²) in [5, 5.41) is 0. The Morgan fingerprint density at radius 3 is 2.33 bits per heavy atom. The predicted molar refractivity (Wildman–Crippen MR) is 115 cm³/mol. The van der Waals surface area contributed by atoms with Crippen LogP contribution in [0, 0.1) is 0 Å². The van der Waals surface area contributed by atoms with Crippen LogP contribution < -0.4 is 0 Å². The lowest BCUT2D eigenvalue weighted by atomic mass is 10.1. The number of benzene rings is 2. The van der Waals surface area contributed by atoms with Crippen molar-refractivity contribution < 1.29 is 23.5 Å². The second-order valence-corrected chi connectivity index (χ2v) is 6.99. The van der Waals surface area contributed by atoms with Crippen LogP contribution in [-0.2, 0) is 20.7 Å². The average molecular weight is 413 g/mol. The van der Waals surface area contributed by atoms with E-state index in [1.165, 1.54) is 11.6 Å². The zero-order valence-corrected chi connectivity index (χ0v) is 17.3. The summed E-state index contributed by atoms with van der Waals surface area (Å²) >= 11 is 0. The number of unbranched alkanes of at least 4 members (excludes halogenated alkanes) is 2. The third-order valence-corrected chi connectivity index (χ3v) is 4.57. The summed E-state index contributed by atoms with van der Waals surface area (Å²) in [5.41, 5.74) is 1.62. The van der Waals surface area contributed by atoms with Gasteiger partial charge in [0.1, 0.15) is 12.8 Å². The molecule has 5 heteroatoms. The summed E-state index contributed by atoms with van der Waals surface area (Å²) in [6.45, 7) is 1.32. The maximum atomic E-state index is 13.4. The fraction of sp³-hybridized carbons (Fsp3) is 0.360. The molecular formula is C25H29FO4. The first-order valence-corrected chi connectivity index (χ1v) is 10.4. The third kappa shape index (κ3) is 8.60. The molecular weight excluding hydrogens is 383 g/mol. The van der Waals surface area contributed by atoms with E-state index in [1.54, 1.807) is 37.3 Å². The topological polar surface area (TPSA) is 52.6 Å². The van der Waals surface area contributed by atoms with Gasteiger partial charge in [0.05, 0.1) is 5.56 Å². The third-order valence-electron chi connectivity index (χ3n) is 4.57. The Labute approximate surface area is 177 Å². The Kier molecular flexibility index (Phi) is 10.3. The predicted octanol–water partition coefficient (Wildman–Crippen LogP) is 5.47. The van der Waals surface area contributed by atoms with E-state index in [-0.39, 0.29) is 13.0 Å². The standard InChI is InChI=1S/C25H29FO4/c1-2-22(26)19-29-25(28)23(30-24(27)21-16-10-6-11-17-21)18-12-4-3-7-13-20-14-8-5-9-15-20/h5-6,8-12,14-18,22-23H,2-4,7,13,19H2,1H3. The van der Waals surface area contributed by atoms with Crippen molar-refractivity contribution in [2.45, 2.75) is 51.3 Å². The lowest BCUT2D eigenvalue weighted by molar-refractivity contribution is -0.153. The molecule has 2 aromatic rings. The summed E-state index contributed by atoms with van der Waals surface area (Å²) in [7, 11) is 0. The van der Waals surface area contributed by atoms with Crippen molar-refractivity contribution in [1.29, 1.82) is 0 Å². The van der Waals surface area contributed by atoms with E-state index >= 15 is 0 Å². The van der Waals surface area contributed by atoms with Crippen molar-refractivity contribution in [2.24, 2.45) is 0 Å². The van der Waals surface area contributed by atoms with Crippen LogP contribution >= 0.6 is 0 Å². The minimum atomic E-state index is -1.23. The normalized spacial score (nSPS) is 13.0. The van der Waals surface area contributed by atoms with Gasteiger partial charge < -0.3 is 9.47 Å². The van der Waals surface area contributed by atoms with Crippen molar-refractivity contribution >= 4 is 11.9 Å². The van der Waals surface area contributed by atoms with Crippen LogP contribution in [0.25, 0.3) is 0 Å². The van der Waals surface area contributed by atoms with Gasteiger partial charge in [-0.15, -0.1) is 0 Å². The summed E-state index contributed by atoms with van der Waals surface area (Å²) in [6, 6.07) is 18.6. The van der Waals surface area contributed by atoms with Gasteiger partial charge in [-0.05, 0) is 55.9 Å². The van der Waals surface area contributed by atoms with E-state index in [1.807, 2.05) is 24.3 Å². The number of halogens is 1. The Bertz CT molecular complexity index is 789. The molecule has 30 heavy (non-hydrogen) atoms.